The van der Waals surface area contributed by atoms with Gasteiger partial charge in [-0.25, -0.2) is 0 Å². The third-order valence-electron chi connectivity index (χ3n) is 4.79. The molecule has 27 heavy (non-hydrogen) atoms. The molecular formula is C21H21N3O3. The van der Waals surface area contributed by atoms with Crippen molar-refractivity contribution in [2.45, 2.75) is 32.6 Å². The number of nitrogens with one attached hydrogen (secondary N) is 1. The first-order valence-electron chi connectivity index (χ1n) is 8.95. The van der Waals surface area contributed by atoms with E-state index < -0.39 is 6.04 Å². The number of rotatable bonds is 5. The molecule has 0 spiro atoms. The minimum absolute atomic E-state index is 0.135. The molecule has 1 aromatic carbocycles. The SMILES string of the molecule is Cc1ccc(CNC(=O)C2Cn3cccc3C(=O)N2Cc2ccccc2)o1. The number of furan rings is 1. The number of aromatic nitrogens is 1. The van der Waals surface area contributed by atoms with Crippen molar-refractivity contribution in [2.75, 3.05) is 0 Å². The molecule has 0 fully saturated rings. The van der Waals surface area contributed by atoms with Crippen LogP contribution in [0.25, 0.3) is 0 Å². The number of nitrogens with zero attached hydrogens (tertiary/aromatic N) is 2. The largest absolute Gasteiger partial charge is 0.465 e. The summed E-state index contributed by atoms with van der Waals surface area (Å²) in [6.45, 7) is 2.99. The van der Waals surface area contributed by atoms with Crippen LogP contribution in [0.2, 0.25) is 0 Å². The van der Waals surface area contributed by atoms with Crippen LogP contribution < -0.4 is 5.32 Å². The average Bonchev–Trinajstić information content (AvgIpc) is 3.31. The first kappa shape index (κ1) is 17.1. The average molecular weight is 363 g/mol. The minimum Gasteiger partial charge on any atom is -0.465 e. The predicted octanol–water partition coefficient (Wildman–Crippen LogP) is 2.73. The topological polar surface area (TPSA) is 67.5 Å². The first-order valence-corrected chi connectivity index (χ1v) is 8.95. The van der Waals surface area contributed by atoms with Crippen LogP contribution >= 0.6 is 0 Å². The summed E-state index contributed by atoms with van der Waals surface area (Å²) in [5, 5.41) is 2.90. The molecule has 1 atom stereocenters. The third kappa shape index (κ3) is 3.51. The molecule has 2 amide bonds. The van der Waals surface area contributed by atoms with E-state index >= 15 is 0 Å². The molecule has 0 aliphatic carbocycles. The second-order valence-corrected chi connectivity index (χ2v) is 6.71. The number of fused-ring (bicyclic) bond motifs is 1. The summed E-state index contributed by atoms with van der Waals surface area (Å²) in [5.41, 5.74) is 1.60. The van der Waals surface area contributed by atoms with Gasteiger partial charge in [0.05, 0.1) is 13.1 Å². The standard InChI is InChI=1S/C21H21N3O3/c1-15-9-10-17(27-15)12-22-20(25)19-14-23-11-5-8-18(23)21(26)24(19)13-16-6-3-2-4-7-16/h2-11,19H,12-14H2,1H3,(H,22,25). The number of carbonyl (C=O) groups is 2. The maximum atomic E-state index is 13.0. The van der Waals surface area contributed by atoms with Crippen molar-refractivity contribution in [3.63, 3.8) is 0 Å². The first-order chi connectivity index (χ1) is 13.1. The summed E-state index contributed by atoms with van der Waals surface area (Å²) in [6.07, 6.45) is 1.84. The molecular weight excluding hydrogens is 342 g/mol. The molecule has 4 rings (SSSR count). The quantitative estimate of drug-likeness (QED) is 0.758. The fourth-order valence-corrected chi connectivity index (χ4v) is 3.40. The fraction of sp³-hybridized carbons (Fsp3) is 0.238. The smallest absolute Gasteiger partial charge is 0.271 e. The molecule has 1 N–H and O–H groups in total. The lowest BCUT2D eigenvalue weighted by atomic mass is 10.1. The van der Waals surface area contributed by atoms with Crippen molar-refractivity contribution < 1.29 is 14.0 Å². The van der Waals surface area contributed by atoms with Crippen molar-refractivity contribution in [3.05, 3.63) is 83.6 Å². The van der Waals surface area contributed by atoms with Gasteiger partial charge in [0.1, 0.15) is 23.3 Å². The van der Waals surface area contributed by atoms with Gasteiger partial charge in [0.15, 0.2) is 0 Å². The van der Waals surface area contributed by atoms with Gasteiger partial charge >= 0.3 is 0 Å². The summed E-state index contributed by atoms with van der Waals surface area (Å²) < 4.78 is 7.35. The van der Waals surface area contributed by atoms with E-state index in [1.165, 1.54) is 0 Å². The lowest BCUT2D eigenvalue weighted by Gasteiger charge is -2.35. The van der Waals surface area contributed by atoms with E-state index in [1.54, 1.807) is 11.0 Å². The minimum atomic E-state index is -0.575. The highest BCUT2D eigenvalue weighted by molar-refractivity contribution is 5.97. The van der Waals surface area contributed by atoms with Gasteiger partial charge in [-0.3, -0.25) is 9.59 Å². The van der Waals surface area contributed by atoms with E-state index in [2.05, 4.69) is 5.32 Å². The van der Waals surface area contributed by atoms with Crippen molar-refractivity contribution in [1.29, 1.82) is 0 Å². The Morgan fingerprint density at radius 2 is 1.96 bits per heavy atom. The number of carbonyl (C=O) groups excluding carboxylic acids is 2. The lowest BCUT2D eigenvalue weighted by molar-refractivity contribution is -0.127. The second-order valence-electron chi connectivity index (χ2n) is 6.71. The van der Waals surface area contributed by atoms with Crippen LogP contribution in [0.15, 0.2) is 65.2 Å². The van der Waals surface area contributed by atoms with E-state index in [9.17, 15) is 9.59 Å². The predicted molar refractivity (Wildman–Crippen MR) is 99.8 cm³/mol. The zero-order valence-electron chi connectivity index (χ0n) is 15.1. The van der Waals surface area contributed by atoms with Gasteiger partial charge in [-0.15, -0.1) is 0 Å². The number of aryl methyl sites for hydroxylation is 1. The maximum absolute atomic E-state index is 13.0. The van der Waals surface area contributed by atoms with Crippen LogP contribution in [0.3, 0.4) is 0 Å². The van der Waals surface area contributed by atoms with Gasteiger partial charge < -0.3 is 19.2 Å². The van der Waals surface area contributed by atoms with Crippen molar-refractivity contribution in [2.24, 2.45) is 0 Å². The Morgan fingerprint density at radius 1 is 1.15 bits per heavy atom. The highest BCUT2D eigenvalue weighted by Gasteiger charge is 2.36. The molecule has 3 aromatic rings. The third-order valence-corrected chi connectivity index (χ3v) is 4.79. The highest BCUT2D eigenvalue weighted by Crippen LogP contribution is 2.21. The van der Waals surface area contributed by atoms with E-state index in [-0.39, 0.29) is 11.8 Å². The second kappa shape index (κ2) is 7.15. The lowest BCUT2D eigenvalue weighted by Crippen LogP contribution is -2.54. The van der Waals surface area contributed by atoms with Crippen molar-refractivity contribution in [1.82, 2.24) is 14.8 Å². The van der Waals surface area contributed by atoms with E-state index in [1.807, 2.05) is 66.2 Å². The Balaban J connectivity index is 1.55. The van der Waals surface area contributed by atoms with Crippen LogP contribution in [0, 0.1) is 6.92 Å². The van der Waals surface area contributed by atoms with E-state index in [0.29, 0.717) is 31.1 Å². The highest BCUT2D eigenvalue weighted by atomic mass is 16.3. The number of hydrogen-bond acceptors (Lipinski definition) is 3. The van der Waals surface area contributed by atoms with Gasteiger partial charge in [0.25, 0.3) is 5.91 Å². The summed E-state index contributed by atoms with van der Waals surface area (Å²) in [6, 6.07) is 16.5. The summed E-state index contributed by atoms with van der Waals surface area (Å²) in [5.74, 6) is 1.17. The van der Waals surface area contributed by atoms with Crippen molar-refractivity contribution >= 4 is 11.8 Å². The molecule has 3 heterocycles. The van der Waals surface area contributed by atoms with Gasteiger partial charge in [0, 0.05) is 12.7 Å². The van der Waals surface area contributed by atoms with Gasteiger partial charge in [-0.2, -0.15) is 0 Å². The molecule has 138 valence electrons. The number of amides is 2. The molecule has 1 aliphatic rings. The summed E-state index contributed by atoms with van der Waals surface area (Å²) in [4.78, 5) is 27.5. The zero-order chi connectivity index (χ0) is 18.8. The summed E-state index contributed by atoms with van der Waals surface area (Å²) >= 11 is 0. The van der Waals surface area contributed by atoms with Crippen LogP contribution in [-0.4, -0.2) is 27.3 Å². The number of benzene rings is 1. The monoisotopic (exact) mass is 363 g/mol. The van der Waals surface area contributed by atoms with Crippen LogP contribution in [0.4, 0.5) is 0 Å². The molecule has 6 heteroatoms. The van der Waals surface area contributed by atoms with Crippen LogP contribution in [-0.2, 0) is 24.4 Å². The van der Waals surface area contributed by atoms with Gasteiger partial charge in [0.2, 0.25) is 5.91 Å². The fourth-order valence-electron chi connectivity index (χ4n) is 3.40. The van der Waals surface area contributed by atoms with Gasteiger partial charge in [-0.1, -0.05) is 30.3 Å². The molecule has 0 radical (unpaired) electrons. The molecule has 0 saturated heterocycles. The Hall–Kier alpha value is -3.28. The van der Waals surface area contributed by atoms with E-state index in [4.69, 9.17) is 4.42 Å². The zero-order valence-corrected chi connectivity index (χ0v) is 15.1. The molecule has 0 saturated carbocycles. The Morgan fingerprint density at radius 3 is 2.70 bits per heavy atom. The van der Waals surface area contributed by atoms with Crippen LogP contribution in [0.1, 0.15) is 27.6 Å². The van der Waals surface area contributed by atoms with Crippen LogP contribution in [0.5, 0.6) is 0 Å². The molecule has 2 aromatic heterocycles. The Kier molecular flexibility index (Phi) is 4.54. The summed E-state index contributed by atoms with van der Waals surface area (Å²) in [7, 11) is 0. The number of hydrogen-bond donors (Lipinski definition) is 1. The molecule has 0 bridgehead atoms. The van der Waals surface area contributed by atoms with E-state index in [0.717, 1.165) is 11.3 Å². The van der Waals surface area contributed by atoms with Crippen molar-refractivity contribution in [3.8, 4) is 0 Å². The Bertz CT molecular complexity index is 958. The maximum Gasteiger partial charge on any atom is 0.271 e. The normalized spacial score (nSPS) is 16.3. The molecule has 1 unspecified atom stereocenters. The molecule has 6 nitrogen and oxygen atoms in total. The van der Waals surface area contributed by atoms with Gasteiger partial charge in [-0.05, 0) is 36.8 Å². The molecule has 1 aliphatic heterocycles. The Labute approximate surface area is 157 Å².